The van der Waals surface area contributed by atoms with E-state index in [0.717, 1.165) is 66.1 Å². The van der Waals surface area contributed by atoms with E-state index >= 15 is 0 Å². The molecule has 3 saturated heterocycles. The van der Waals surface area contributed by atoms with Crippen LogP contribution in [-0.2, 0) is 12.1 Å². The third-order valence-electron chi connectivity index (χ3n) is 7.88. The molecule has 1 atom stereocenters. The highest BCUT2D eigenvalue weighted by atomic mass is 35.5. The number of nitrogens with zero attached hydrogens (tertiary/aromatic N) is 2. The summed E-state index contributed by atoms with van der Waals surface area (Å²) in [6, 6.07) is 26.8. The van der Waals surface area contributed by atoms with E-state index in [4.69, 9.17) is 20.8 Å². The molecule has 0 saturated carbocycles. The lowest BCUT2D eigenvalue weighted by Crippen LogP contribution is -2.64. The lowest BCUT2D eigenvalue weighted by Gasteiger charge is -2.51. The minimum Gasteiger partial charge on any atom is -0.484 e. The van der Waals surface area contributed by atoms with Gasteiger partial charge in [-0.3, -0.25) is 0 Å². The van der Waals surface area contributed by atoms with E-state index in [1.807, 2.05) is 84.9 Å². The Bertz CT molecular complexity index is 1260. The molecular weight excluding hydrogens is 472 g/mol. The summed E-state index contributed by atoms with van der Waals surface area (Å²) in [5, 5.41) is 12.7. The number of fused-ring (bicyclic) bond motifs is 3. The van der Waals surface area contributed by atoms with Crippen LogP contribution in [0.3, 0.4) is 0 Å². The van der Waals surface area contributed by atoms with Crippen molar-refractivity contribution in [2.45, 2.75) is 31.1 Å². The minimum absolute atomic E-state index is 0.168. The molecule has 1 N–H and O–H groups in total. The summed E-state index contributed by atoms with van der Waals surface area (Å²) in [7, 11) is 0. The van der Waals surface area contributed by atoms with Crippen LogP contribution in [0.4, 0.5) is 0 Å². The predicted molar refractivity (Wildman–Crippen MR) is 139 cm³/mol. The van der Waals surface area contributed by atoms with Gasteiger partial charge in [-0.25, -0.2) is 4.98 Å². The normalized spacial score (nSPS) is 23.5. The fraction of sp³-hybridized carbons (Fsp3) is 0.300. The minimum atomic E-state index is -1.46. The van der Waals surface area contributed by atoms with E-state index in [1.54, 1.807) is 6.20 Å². The second kappa shape index (κ2) is 9.40. The molecule has 5 nitrogen and oxygen atoms in total. The molecule has 3 aromatic carbocycles. The zero-order valence-electron chi connectivity index (χ0n) is 20.1. The summed E-state index contributed by atoms with van der Waals surface area (Å²) in [5.74, 6) is 2.54. The maximum Gasteiger partial charge on any atom is 0.236 e. The van der Waals surface area contributed by atoms with Crippen molar-refractivity contribution >= 4 is 11.6 Å². The van der Waals surface area contributed by atoms with Crippen LogP contribution in [0.1, 0.15) is 35.6 Å². The Morgan fingerprint density at radius 2 is 1.53 bits per heavy atom. The standard InChI is InChI=1S/C30H30ClN2O3/c31-25-11-13-26(14-12-25)35-28-21-33(17-15-22(28)16-18-33)20-27-19-32-29(36-27)30(34,23-7-3-1-4-8-23)24-9-5-2-6-10-24/h1-14,19,22,28,34H,15-18,20-21H2/q+1. The first-order valence-corrected chi connectivity index (χ1v) is 13.0. The van der Waals surface area contributed by atoms with Gasteiger partial charge in [0.2, 0.25) is 5.89 Å². The average Bonchev–Trinajstić information content (AvgIpc) is 3.39. The highest BCUT2D eigenvalue weighted by Gasteiger charge is 2.48. The van der Waals surface area contributed by atoms with Crippen molar-refractivity contribution in [2.75, 3.05) is 19.6 Å². The average molecular weight is 502 g/mol. The molecule has 7 rings (SSSR count). The number of benzene rings is 3. The van der Waals surface area contributed by atoms with E-state index in [-0.39, 0.29) is 6.10 Å². The maximum atomic E-state index is 12.0. The van der Waals surface area contributed by atoms with Crippen molar-refractivity contribution in [3.8, 4) is 5.75 Å². The van der Waals surface area contributed by atoms with Crippen LogP contribution in [-0.4, -0.2) is 40.3 Å². The lowest BCUT2D eigenvalue weighted by atomic mass is 9.83. The quantitative estimate of drug-likeness (QED) is 0.325. The van der Waals surface area contributed by atoms with Crippen molar-refractivity contribution in [1.82, 2.24) is 4.98 Å². The van der Waals surface area contributed by atoms with Crippen LogP contribution in [0.25, 0.3) is 0 Å². The summed E-state index contributed by atoms with van der Waals surface area (Å²) in [4.78, 5) is 4.61. The van der Waals surface area contributed by atoms with Crippen molar-refractivity contribution in [3.63, 3.8) is 0 Å². The van der Waals surface area contributed by atoms with Crippen LogP contribution in [0, 0.1) is 5.92 Å². The van der Waals surface area contributed by atoms with E-state index in [2.05, 4.69) is 4.98 Å². The number of ether oxygens (including phenoxy) is 1. The third-order valence-corrected chi connectivity index (χ3v) is 8.13. The Kier molecular flexibility index (Phi) is 6.08. The van der Waals surface area contributed by atoms with E-state index < -0.39 is 5.60 Å². The molecule has 0 spiro atoms. The smallest absolute Gasteiger partial charge is 0.236 e. The highest BCUT2D eigenvalue weighted by Crippen LogP contribution is 2.40. The molecule has 0 aliphatic carbocycles. The Hall–Kier alpha value is -3.12. The number of aliphatic hydroxyl groups is 1. The molecule has 2 bridgehead atoms. The van der Waals surface area contributed by atoms with Gasteiger partial charge in [-0.05, 0) is 35.4 Å². The first-order valence-electron chi connectivity index (χ1n) is 12.6. The molecule has 3 aliphatic heterocycles. The van der Waals surface area contributed by atoms with E-state index in [0.29, 0.717) is 16.8 Å². The number of hydrogen-bond acceptors (Lipinski definition) is 4. The first-order chi connectivity index (χ1) is 17.5. The molecule has 4 aromatic rings. The van der Waals surface area contributed by atoms with E-state index in [9.17, 15) is 5.11 Å². The molecule has 6 heteroatoms. The van der Waals surface area contributed by atoms with Gasteiger partial charge in [0.15, 0.2) is 17.5 Å². The molecule has 0 amide bonds. The van der Waals surface area contributed by atoms with Crippen molar-refractivity contribution in [3.05, 3.63) is 119 Å². The molecule has 1 unspecified atom stereocenters. The van der Waals surface area contributed by atoms with E-state index in [1.165, 1.54) is 0 Å². The van der Waals surface area contributed by atoms with Gasteiger partial charge in [0.25, 0.3) is 0 Å². The van der Waals surface area contributed by atoms with Gasteiger partial charge < -0.3 is 18.7 Å². The van der Waals surface area contributed by atoms with Gasteiger partial charge in [0.05, 0.1) is 19.3 Å². The first kappa shape index (κ1) is 23.3. The molecule has 36 heavy (non-hydrogen) atoms. The topological polar surface area (TPSA) is 55.5 Å². The second-order valence-corrected chi connectivity index (χ2v) is 10.6. The van der Waals surface area contributed by atoms with Crippen molar-refractivity contribution < 1.29 is 18.7 Å². The van der Waals surface area contributed by atoms with Crippen LogP contribution in [0.5, 0.6) is 5.75 Å². The summed E-state index contributed by atoms with van der Waals surface area (Å²) >= 11 is 6.05. The molecule has 1 aromatic heterocycles. The fourth-order valence-electron chi connectivity index (χ4n) is 5.92. The van der Waals surface area contributed by atoms with Gasteiger partial charge >= 0.3 is 0 Å². The van der Waals surface area contributed by atoms with Gasteiger partial charge in [0, 0.05) is 23.8 Å². The highest BCUT2D eigenvalue weighted by molar-refractivity contribution is 6.30. The Morgan fingerprint density at radius 1 is 0.917 bits per heavy atom. The Balaban J connectivity index is 1.26. The maximum absolute atomic E-state index is 12.0. The summed E-state index contributed by atoms with van der Waals surface area (Å²) in [6.07, 6.45) is 4.23. The van der Waals surface area contributed by atoms with Crippen LogP contribution < -0.4 is 4.74 Å². The van der Waals surface area contributed by atoms with Crippen molar-refractivity contribution in [1.29, 1.82) is 0 Å². The zero-order valence-corrected chi connectivity index (χ0v) is 20.8. The fourth-order valence-corrected chi connectivity index (χ4v) is 6.04. The molecule has 184 valence electrons. The number of oxazole rings is 1. The SMILES string of the molecule is OC(c1ccccc1)(c1ccccc1)c1ncc(C[N+]23CCC(CC2)C(Oc2ccc(Cl)cc2)C3)o1. The molecule has 3 aliphatic rings. The molecular formula is C30H30ClN2O3+. The van der Waals surface area contributed by atoms with Gasteiger partial charge in [-0.2, -0.15) is 0 Å². The van der Waals surface area contributed by atoms with Gasteiger partial charge in [0.1, 0.15) is 18.8 Å². The second-order valence-electron chi connectivity index (χ2n) is 10.2. The summed E-state index contributed by atoms with van der Waals surface area (Å²) in [5.41, 5.74) is -0.00527. The number of piperidine rings is 3. The largest absolute Gasteiger partial charge is 0.484 e. The summed E-state index contributed by atoms with van der Waals surface area (Å²) in [6.45, 7) is 3.87. The predicted octanol–water partition coefficient (Wildman–Crippen LogP) is 5.80. The third kappa shape index (κ3) is 4.32. The lowest BCUT2D eigenvalue weighted by molar-refractivity contribution is -0.958. The monoisotopic (exact) mass is 501 g/mol. The van der Waals surface area contributed by atoms with Gasteiger partial charge in [-0.15, -0.1) is 0 Å². The molecule has 4 heterocycles. The number of quaternary nitrogens is 1. The molecule has 3 fully saturated rings. The number of rotatable bonds is 7. The van der Waals surface area contributed by atoms with Crippen LogP contribution in [0.2, 0.25) is 5.02 Å². The Morgan fingerprint density at radius 3 is 2.14 bits per heavy atom. The number of hydrogen-bond donors (Lipinski definition) is 1. The number of aromatic nitrogens is 1. The number of halogens is 1. The Labute approximate surface area is 216 Å². The van der Waals surface area contributed by atoms with Crippen molar-refractivity contribution in [2.24, 2.45) is 5.92 Å². The summed E-state index contributed by atoms with van der Waals surface area (Å²) < 4.78 is 13.7. The van der Waals surface area contributed by atoms with Crippen LogP contribution in [0.15, 0.2) is 95.5 Å². The zero-order chi connectivity index (χ0) is 24.6. The van der Waals surface area contributed by atoms with Gasteiger partial charge in [-0.1, -0.05) is 72.3 Å². The molecule has 0 radical (unpaired) electrons. The van der Waals surface area contributed by atoms with Crippen LogP contribution >= 0.6 is 11.6 Å².